The van der Waals surface area contributed by atoms with Gasteiger partial charge in [-0.15, -0.1) is 0 Å². The van der Waals surface area contributed by atoms with Crippen LogP contribution in [0.5, 0.6) is 0 Å². The zero-order chi connectivity index (χ0) is 27.5. The van der Waals surface area contributed by atoms with Crippen molar-refractivity contribution in [2.75, 3.05) is 45.5 Å². The number of benzene rings is 2. The van der Waals surface area contributed by atoms with Gasteiger partial charge in [0.15, 0.2) is 9.84 Å². The molecule has 0 radical (unpaired) electrons. The Labute approximate surface area is 233 Å². The highest BCUT2D eigenvalue weighted by molar-refractivity contribution is 7.90. The molecule has 210 valence electrons. The van der Waals surface area contributed by atoms with Crippen LogP contribution in [-0.2, 0) is 26.0 Å². The minimum absolute atomic E-state index is 0.113. The molecule has 3 aliphatic heterocycles. The summed E-state index contributed by atoms with van der Waals surface area (Å²) in [7, 11) is -3.23. The lowest BCUT2D eigenvalue weighted by molar-refractivity contribution is -0.138. The number of piperidine rings is 2. The fourth-order valence-corrected chi connectivity index (χ4v) is 7.17. The largest absolute Gasteiger partial charge is 0.342 e. The second-order valence-corrected chi connectivity index (χ2v) is 13.7. The first kappa shape index (κ1) is 27.8. The first-order valence-corrected chi connectivity index (χ1v) is 16.3. The molecule has 0 bridgehead atoms. The summed E-state index contributed by atoms with van der Waals surface area (Å²) < 4.78 is 23.5. The molecule has 5 rings (SSSR count). The van der Waals surface area contributed by atoms with Crippen molar-refractivity contribution in [1.82, 2.24) is 14.7 Å². The number of sulfone groups is 1. The molecule has 3 saturated heterocycles. The Hall–Kier alpha value is -2.71. The summed E-state index contributed by atoms with van der Waals surface area (Å²) in [6.45, 7) is 5.62. The molecule has 39 heavy (non-hydrogen) atoms. The van der Waals surface area contributed by atoms with Crippen LogP contribution in [0.4, 0.5) is 0 Å². The third kappa shape index (κ3) is 6.38. The zero-order valence-electron chi connectivity index (χ0n) is 23.1. The molecule has 0 saturated carbocycles. The summed E-state index contributed by atoms with van der Waals surface area (Å²) in [4.78, 5) is 33.7. The third-order valence-corrected chi connectivity index (χ3v) is 10.2. The maximum atomic E-state index is 13.5. The number of nitrogens with zero attached hydrogens (tertiary/aromatic N) is 3. The van der Waals surface area contributed by atoms with Crippen molar-refractivity contribution >= 4 is 21.7 Å². The summed E-state index contributed by atoms with van der Waals surface area (Å²) in [6.07, 6.45) is 7.99. The fourth-order valence-electron chi connectivity index (χ4n) is 6.54. The second-order valence-electron chi connectivity index (χ2n) is 11.7. The second kappa shape index (κ2) is 11.8. The molecule has 8 heteroatoms. The van der Waals surface area contributed by atoms with Crippen molar-refractivity contribution < 1.29 is 18.0 Å². The summed E-state index contributed by atoms with van der Waals surface area (Å²) in [5, 5.41) is 0. The first-order chi connectivity index (χ1) is 18.7. The van der Waals surface area contributed by atoms with Gasteiger partial charge >= 0.3 is 0 Å². The lowest BCUT2D eigenvalue weighted by Crippen LogP contribution is -2.45. The smallest absolute Gasteiger partial charge is 0.230 e. The van der Waals surface area contributed by atoms with Crippen molar-refractivity contribution in [3.63, 3.8) is 0 Å². The van der Waals surface area contributed by atoms with E-state index in [0.29, 0.717) is 11.4 Å². The van der Waals surface area contributed by atoms with Crippen LogP contribution < -0.4 is 0 Å². The number of amides is 2. The summed E-state index contributed by atoms with van der Waals surface area (Å²) >= 11 is 0. The fraction of sp³-hybridized carbons (Fsp3) is 0.548. The highest BCUT2D eigenvalue weighted by Crippen LogP contribution is 2.42. The molecule has 7 nitrogen and oxygen atoms in total. The molecule has 3 fully saturated rings. The molecule has 0 aromatic heterocycles. The lowest BCUT2D eigenvalue weighted by Gasteiger charge is -2.38. The van der Waals surface area contributed by atoms with Crippen molar-refractivity contribution in [2.24, 2.45) is 5.41 Å². The van der Waals surface area contributed by atoms with Crippen LogP contribution in [-0.4, -0.2) is 80.5 Å². The Morgan fingerprint density at radius 1 is 0.872 bits per heavy atom. The number of hydrogen-bond donors (Lipinski definition) is 0. The molecule has 0 aliphatic carbocycles. The van der Waals surface area contributed by atoms with Crippen LogP contribution >= 0.6 is 0 Å². The molecular weight excluding hydrogens is 510 g/mol. The van der Waals surface area contributed by atoms with Crippen LogP contribution in [0.3, 0.4) is 0 Å². The van der Waals surface area contributed by atoms with E-state index in [1.165, 1.54) is 12.7 Å². The SMILES string of the molecule is CS(=O)(=O)c1ccc(CN2CCC3(CCN(CCC(C(=O)N4CCCCC4)c4ccccc4)CC3)C2=O)cc1. The average Bonchev–Trinajstić information content (AvgIpc) is 3.24. The van der Waals surface area contributed by atoms with Gasteiger partial charge in [0.25, 0.3) is 0 Å². The zero-order valence-corrected chi connectivity index (χ0v) is 23.9. The van der Waals surface area contributed by atoms with Crippen molar-refractivity contribution in [2.45, 2.75) is 62.3 Å². The monoisotopic (exact) mass is 551 g/mol. The maximum Gasteiger partial charge on any atom is 0.230 e. The van der Waals surface area contributed by atoms with Crippen LogP contribution in [0, 0.1) is 5.41 Å². The van der Waals surface area contributed by atoms with Gasteiger partial charge in [0, 0.05) is 32.4 Å². The molecule has 3 heterocycles. The molecule has 1 atom stereocenters. The van der Waals surface area contributed by atoms with E-state index in [1.54, 1.807) is 12.1 Å². The van der Waals surface area contributed by atoms with Crippen molar-refractivity contribution in [3.05, 3.63) is 65.7 Å². The van der Waals surface area contributed by atoms with Crippen LogP contribution in [0.15, 0.2) is 59.5 Å². The molecular formula is C31H41N3O4S. The average molecular weight is 552 g/mol. The predicted molar refractivity (Wildman–Crippen MR) is 152 cm³/mol. The molecule has 1 unspecified atom stereocenters. The minimum atomic E-state index is -3.23. The Balaban J connectivity index is 1.16. The predicted octanol–water partition coefficient (Wildman–Crippen LogP) is 4.09. The van der Waals surface area contributed by atoms with E-state index in [9.17, 15) is 18.0 Å². The van der Waals surface area contributed by atoms with Gasteiger partial charge < -0.3 is 14.7 Å². The van der Waals surface area contributed by atoms with Crippen molar-refractivity contribution in [3.8, 4) is 0 Å². The highest BCUT2D eigenvalue weighted by atomic mass is 32.2. The molecule has 2 aromatic carbocycles. The Morgan fingerprint density at radius 2 is 1.51 bits per heavy atom. The Morgan fingerprint density at radius 3 is 2.15 bits per heavy atom. The van der Waals surface area contributed by atoms with Crippen molar-refractivity contribution in [1.29, 1.82) is 0 Å². The topological polar surface area (TPSA) is 78.0 Å². The van der Waals surface area contributed by atoms with E-state index in [4.69, 9.17) is 0 Å². The van der Waals surface area contributed by atoms with Gasteiger partial charge in [-0.25, -0.2) is 8.42 Å². The van der Waals surface area contributed by atoms with Gasteiger partial charge in [-0.3, -0.25) is 9.59 Å². The summed E-state index contributed by atoms with van der Waals surface area (Å²) in [5.74, 6) is 0.384. The van der Waals surface area contributed by atoms with E-state index < -0.39 is 9.84 Å². The van der Waals surface area contributed by atoms with Gasteiger partial charge in [-0.05, 0) is 87.8 Å². The van der Waals surface area contributed by atoms with Crippen LogP contribution in [0.25, 0.3) is 0 Å². The van der Waals surface area contributed by atoms with E-state index in [-0.39, 0.29) is 23.1 Å². The highest BCUT2D eigenvalue weighted by Gasteiger charge is 2.48. The molecule has 2 amide bonds. The molecule has 0 N–H and O–H groups in total. The summed E-state index contributed by atoms with van der Waals surface area (Å²) in [6, 6.07) is 17.1. The Bertz CT molecular complexity index is 1250. The van der Waals surface area contributed by atoms with E-state index in [0.717, 1.165) is 88.9 Å². The normalized spacial score (nSPS) is 20.9. The quantitative estimate of drug-likeness (QED) is 0.494. The maximum absolute atomic E-state index is 13.5. The number of carbonyl (C=O) groups excluding carboxylic acids is 2. The van der Waals surface area contributed by atoms with Gasteiger partial charge in [0.05, 0.1) is 16.2 Å². The van der Waals surface area contributed by atoms with E-state index in [1.807, 2.05) is 35.2 Å². The number of carbonyl (C=O) groups is 2. The van der Waals surface area contributed by atoms with E-state index >= 15 is 0 Å². The van der Waals surface area contributed by atoms with Crippen LogP contribution in [0.1, 0.15) is 62.0 Å². The number of rotatable bonds is 8. The number of hydrogen-bond acceptors (Lipinski definition) is 5. The minimum Gasteiger partial charge on any atom is -0.342 e. The molecule has 2 aromatic rings. The Kier molecular flexibility index (Phi) is 8.43. The number of likely N-dealkylation sites (tertiary alicyclic amines) is 3. The van der Waals surface area contributed by atoms with Gasteiger partial charge in [-0.2, -0.15) is 0 Å². The van der Waals surface area contributed by atoms with Crippen LogP contribution in [0.2, 0.25) is 0 Å². The third-order valence-electron chi connectivity index (χ3n) is 9.04. The van der Waals surface area contributed by atoms with Gasteiger partial charge in [0.1, 0.15) is 0 Å². The standard InChI is InChI=1S/C31H41N3O4S/c1-39(37,38)27-12-10-25(11-13-27)24-34-23-17-31(30(34)36)15-21-32(22-16-31)20-14-28(26-8-4-2-5-9-26)29(35)33-18-6-3-7-19-33/h2,4-5,8-13,28H,3,6-7,14-24H2,1H3. The molecule has 1 spiro atoms. The molecule has 3 aliphatic rings. The lowest BCUT2D eigenvalue weighted by atomic mass is 9.77. The summed E-state index contributed by atoms with van der Waals surface area (Å²) in [5.41, 5.74) is 1.77. The first-order valence-electron chi connectivity index (χ1n) is 14.4. The van der Waals surface area contributed by atoms with Gasteiger partial charge in [0.2, 0.25) is 11.8 Å². The van der Waals surface area contributed by atoms with E-state index in [2.05, 4.69) is 21.9 Å². The van der Waals surface area contributed by atoms with Gasteiger partial charge in [-0.1, -0.05) is 42.5 Å².